The molecule has 0 amide bonds. The highest BCUT2D eigenvalue weighted by Gasteiger charge is 2.46. The minimum atomic E-state index is -0.374. The third kappa shape index (κ3) is 2.22. The van der Waals surface area contributed by atoms with E-state index in [2.05, 4.69) is 9.89 Å². The van der Waals surface area contributed by atoms with Crippen LogP contribution in [0.25, 0.3) is 0 Å². The first kappa shape index (κ1) is 12.5. The summed E-state index contributed by atoms with van der Waals surface area (Å²) in [7, 11) is 0. The van der Waals surface area contributed by atoms with Gasteiger partial charge in [0.05, 0.1) is 19.3 Å². The van der Waals surface area contributed by atoms with Crippen molar-refractivity contribution in [3.05, 3.63) is 11.8 Å². The van der Waals surface area contributed by atoms with Gasteiger partial charge in [-0.05, 0) is 13.0 Å². The van der Waals surface area contributed by atoms with Gasteiger partial charge in [-0.1, -0.05) is 6.92 Å². The lowest BCUT2D eigenvalue weighted by Crippen LogP contribution is -2.35. The molecule has 2 rings (SSSR count). The van der Waals surface area contributed by atoms with Crippen molar-refractivity contribution in [2.45, 2.75) is 32.6 Å². The largest absolute Gasteiger partial charge is 0.396 e. The van der Waals surface area contributed by atoms with Crippen molar-refractivity contribution in [2.75, 3.05) is 19.9 Å². The number of aliphatic hydroxyl groups excluding tert-OH is 2. The van der Waals surface area contributed by atoms with Gasteiger partial charge < -0.3 is 19.8 Å². The summed E-state index contributed by atoms with van der Waals surface area (Å²) >= 11 is 0. The molecule has 2 aliphatic rings. The van der Waals surface area contributed by atoms with Crippen molar-refractivity contribution < 1.29 is 14.9 Å². The molecule has 5 heteroatoms. The third-order valence-electron chi connectivity index (χ3n) is 3.72. The van der Waals surface area contributed by atoms with E-state index in [0.717, 1.165) is 5.70 Å². The molecule has 2 aliphatic heterocycles. The predicted octanol–water partition coefficient (Wildman–Crippen LogP) is 0.340. The van der Waals surface area contributed by atoms with Crippen molar-refractivity contribution in [1.82, 2.24) is 4.90 Å². The molecule has 3 unspecified atom stereocenters. The fraction of sp³-hybridized carbons (Fsp3) is 0.750. The molecule has 0 saturated carbocycles. The molecule has 0 spiro atoms. The summed E-state index contributed by atoms with van der Waals surface area (Å²) in [6.07, 6.45) is 4.01. The Morgan fingerprint density at radius 2 is 2.35 bits per heavy atom. The Bertz CT molecular complexity index is 343. The van der Waals surface area contributed by atoms with Crippen LogP contribution in [0.1, 0.15) is 20.3 Å². The summed E-state index contributed by atoms with van der Waals surface area (Å²) in [5.74, 6) is 0. The Hall–Kier alpha value is -0.910. The molecule has 0 aromatic heterocycles. The van der Waals surface area contributed by atoms with Crippen molar-refractivity contribution in [1.29, 1.82) is 0 Å². The molecular formula is C12H20N2O3. The first-order valence-electron chi connectivity index (χ1n) is 5.91. The first-order valence-corrected chi connectivity index (χ1v) is 5.91. The summed E-state index contributed by atoms with van der Waals surface area (Å²) in [6.45, 7) is 4.49. The molecule has 0 aliphatic carbocycles. The molecule has 0 aromatic rings. The molecule has 0 radical (unpaired) electrons. The topological polar surface area (TPSA) is 65.3 Å². The highest BCUT2D eigenvalue weighted by molar-refractivity contribution is 5.72. The number of hydrogen-bond donors (Lipinski definition) is 2. The van der Waals surface area contributed by atoms with Gasteiger partial charge in [-0.25, -0.2) is 0 Å². The summed E-state index contributed by atoms with van der Waals surface area (Å²) in [6, 6.07) is 0. The monoisotopic (exact) mass is 240 g/mol. The summed E-state index contributed by atoms with van der Waals surface area (Å²) < 4.78 is 5.83. The van der Waals surface area contributed by atoms with Gasteiger partial charge in [-0.2, -0.15) is 0 Å². The molecule has 5 nitrogen and oxygen atoms in total. The van der Waals surface area contributed by atoms with E-state index >= 15 is 0 Å². The molecule has 96 valence electrons. The average molecular weight is 240 g/mol. The molecule has 2 heterocycles. The van der Waals surface area contributed by atoms with Crippen LogP contribution in [0, 0.1) is 5.41 Å². The van der Waals surface area contributed by atoms with Gasteiger partial charge in [0, 0.05) is 23.7 Å². The number of rotatable bonds is 3. The normalized spacial score (nSPS) is 37.4. The Morgan fingerprint density at radius 1 is 1.59 bits per heavy atom. The fourth-order valence-corrected chi connectivity index (χ4v) is 2.37. The second-order valence-corrected chi connectivity index (χ2v) is 5.03. The van der Waals surface area contributed by atoms with Gasteiger partial charge >= 0.3 is 0 Å². The van der Waals surface area contributed by atoms with E-state index in [4.69, 9.17) is 4.74 Å². The second kappa shape index (κ2) is 4.76. The maximum Gasteiger partial charge on any atom is 0.132 e. The standard InChI is InChI=1S/C12H20N2O3/c1-9-3-4-13-8-14(9)11-5-12(2,7-16)10(6-15)17-11/h3-4,10-11,15-16H,5-8H2,1-2H3. The van der Waals surface area contributed by atoms with E-state index in [1.54, 1.807) is 6.21 Å². The molecule has 3 atom stereocenters. The Balaban J connectivity index is 2.10. The van der Waals surface area contributed by atoms with Crippen LogP contribution in [-0.2, 0) is 4.74 Å². The van der Waals surface area contributed by atoms with Crippen LogP contribution in [0.5, 0.6) is 0 Å². The molecule has 0 bridgehead atoms. The molecule has 1 saturated heterocycles. The van der Waals surface area contributed by atoms with Gasteiger partial charge in [0.15, 0.2) is 0 Å². The van der Waals surface area contributed by atoms with Crippen LogP contribution in [0.2, 0.25) is 0 Å². The first-order chi connectivity index (χ1) is 8.10. The van der Waals surface area contributed by atoms with E-state index in [-0.39, 0.29) is 31.0 Å². The van der Waals surface area contributed by atoms with Crippen molar-refractivity contribution in [3.63, 3.8) is 0 Å². The Labute approximate surface area is 101 Å². The van der Waals surface area contributed by atoms with E-state index in [1.165, 1.54) is 0 Å². The minimum Gasteiger partial charge on any atom is -0.396 e. The number of hydrogen-bond acceptors (Lipinski definition) is 5. The van der Waals surface area contributed by atoms with E-state index in [0.29, 0.717) is 13.1 Å². The number of ether oxygens (including phenoxy) is 1. The van der Waals surface area contributed by atoms with Crippen LogP contribution in [0.4, 0.5) is 0 Å². The lowest BCUT2D eigenvalue weighted by Gasteiger charge is -2.31. The van der Waals surface area contributed by atoms with Crippen molar-refractivity contribution >= 4 is 6.21 Å². The van der Waals surface area contributed by atoms with Crippen molar-refractivity contribution in [2.24, 2.45) is 10.4 Å². The minimum absolute atomic E-state index is 0.0224. The van der Waals surface area contributed by atoms with Gasteiger partial charge in [-0.3, -0.25) is 4.99 Å². The highest BCUT2D eigenvalue weighted by atomic mass is 16.5. The maximum atomic E-state index is 9.46. The van der Waals surface area contributed by atoms with Gasteiger partial charge in [0.1, 0.15) is 12.9 Å². The Kier molecular flexibility index (Phi) is 3.51. The molecule has 0 aromatic carbocycles. The van der Waals surface area contributed by atoms with Crippen LogP contribution >= 0.6 is 0 Å². The van der Waals surface area contributed by atoms with E-state index in [1.807, 2.05) is 19.9 Å². The van der Waals surface area contributed by atoms with Gasteiger partial charge in [0.25, 0.3) is 0 Å². The fourth-order valence-electron chi connectivity index (χ4n) is 2.37. The number of nitrogens with zero attached hydrogens (tertiary/aromatic N) is 2. The zero-order valence-corrected chi connectivity index (χ0v) is 10.3. The quantitative estimate of drug-likeness (QED) is 0.746. The Morgan fingerprint density at radius 3 is 2.88 bits per heavy atom. The van der Waals surface area contributed by atoms with Crippen molar-refractivity contribution in [3.8, 4) is 0 Å². The smallest absolute Gasteiger partial charge is 0.132 e. The SMILES string of the molecule is CC1=CC=NCN1C1CC(C)(CO)C(CO)O1. The van der Waals surface area contributed by atoms with E-state index in [9.17, 15) is 10.2 Å². The van der Waals surface area contributed by atoms with Crippen LogP contribution < -0.4 is 0 Å². The molecule has 17 heavy (non-hydrogen) atoms. The number of aliphatic hydroxyl groups is 2. The van der Waals surface area contributed by atoms with E-state index < -0.39 is 0 Å². The van der Waals surface area contributed by atoms with Crippen LogP contribution in [0.3, 0.4) is 0 Å². The van der Waals surface area contributed by atoms with Crippen LogP contribution in [0.15, 0.2) is 16.8 Å². The zero-order valence-electron chi connectivity index (χ0n) is 10.3. The highest BCUT2D eigenvalue weighted by Crippen LogP contribution is 2.40. The number of aliphatic imine (C=N–C) groups is 1. The van der Waals surface area contributed by atoms with Crippen LogP contribution in [-0.4, -0.2) is 53.5 Å². The third-order valence-corrected chi connectivity index (χ3v) is 3.72. The lowest BCUT2D eigenvalue weighted by molar-refractivity contribution is -0.0729. The maximum absolute atomic E-state index is 9.46. The summed E-state index contributed by atoms with van der Waals surface area (Å²) in [5, 5.41) is 18.8. The molecular weight excluding hydrogens is 220 g/mol. The van der Waals surface area contributed by atoms with Gasteiger partial charge in [-0.15, -0.1) is 0 Å². The zero-order chi connectivity index (χ0) is 12.5. The summed E-state index contributed by atoms with van der Waals surface area (Å²) in [5.41, 5.74) is 0.727. The molecule has 2 N–H and O–H groups in total. The average Bonchev–Trinajstić information content (AvgIpc) is 2.68. The van der Waals surface area contributed by atoms with Gasteiger partial charge in [0.2, 0.25) is 0 Å². The molecule has 1 fully saturated rings. The predicted molar refractivity (Wildman–Crippen MR) is 64.5 cm³/mol. The summed E-state index contributed by atoms with van der Waals surface area (Å²) in [4.78, 5) is 6.26. The second-order valence-electron chi connectivity index (χ2n) is 5.03. The number of allylic oxidation sites excluding steroid dienone is 2. The lowest BCUT2D eigenvalue weighted by atomic mass is 9.84.